The second-order valence-electron chi connectivity index (χ2n) is 3.49. The fourth-order valence-corrected chi connectivity index (χ4v) is 1.83. The number of hydrogen-bond donors (Lipinski definition) is 1. The zero-order chi connectivity index (χ0) is 13.7. The maximum atomic E-state index is 12.8. The average Bonchev–Trinajstić information content (AvgIpc) is 2.27. The molecule has 3 nitrogen and oxygen atoms in total. The molecule has 0 aromatic heterocycles. The van der Waals surface area contributed by atoms with Gasteiger partial charge in [0.1, 0.15) is 11.6 Å². The van der Waals surface area contributed by atoms with E-state index in [1.165, 1.54) is 0 Å². The lowest BCUT2D eigenvalue weighted by atomic mass is 10.1. The third kappa shape index (κ3) is 3.90. The molecule has 100 valence electrons. The predicted octanol–water partition coefficient (Wildman–Crippen LogP) is 2.63. The van der Waals surface area contributed by atoms with Gasteiger partial charge in [0, 0.05) is 17.9 Å². The second kappa shape index (κ2) is 6.63. The van der Waals surface area contributed by atoms with Gasteiger partial charge in [-0.2, -0.15) is 0 Å². The molecule has 0 heterocycles. The fourth-order valence-electron chi connectivity index (χ4n) is 1.40. The lowest BCUT2D eigenvalue weighted by Gasteiger charge is -2.21. The van der Waals surface area contributed by atoms with Crippen molar-refractivity contribution in [3.05, 3.63) is 29.6 Å². The summed E-state index contributed by atoms with van der Waals surface area (Å²) in [6.07, 6.45) is -2.67. The number of rotatable bonds is 5. The highest BCUT2D eigenvalue weighted by atomic mass is 79.9. The van der Waals surface area contributed by atoms with E-state index in [2.05, 4.69) is 15.9 Å². The minimum atomic E-state index is -2.67. The summed E-state index contributed by atoms with van der Waals surface area (Å²) < 4.78 is 37.4. The number of carbonyl (C=O) groups is 1. The van der Waals surface area contributed by atoms with Crippen molar-refractivity contribution >= 4 is 21.8 Å². The number of benzene rings is 1. The molecule has 0 unspecified atom stereocenters. The molecule has 0 aliphatic carbocycles. The van der Waals surface area contributed by atoms with E-state index in [1.54, 1.807) is 0 Å². The van der Waals surface area contributed by atoms with E-state index >= 15 is 0 Å². The molecular weight excluding hydrogens is 315 g/mol. The first-order valence-electron chi connectivity index (χ1n) is 5.07. The highest BCUT2D eigenvalue weighted by Gasteiger charge is 2.21. The quantitative estimate of drug-likeness (QED) is 0.845. The van der Waals surface area contributed by atoms with Gasteiger partial charge >= 0.3 is 0 Å². The van der Waals surface area contributed by atoms with Crippen molar-refractivity contribution in [3.63, 3.8) is 0 Å². The summed E-state index contributed by atoms with van der Waals surface area (Å²) in [5.41, 5.74) is -0.196. The molecule has 0 bridgehead atoms. The highest BCUT2D eigenvalue weighted by molar-refractivity contribution is 9.09. The first-order valence-corrected chi connectivity index (χ1v) is 6.19. The number of carbonyl (C=O) groups excluding carboxylic acids is 1. The molecule has 1 aromatic carbocycles. The number of phenolic OH excluding ortho intramolecular Hbond substituents is 1. The SMILES string of the molecule is O=C(c1ccc(F)cc1O)N(CCBr)CC(F)F. The van der Waals surface area contributed by atoms with Crippen LogP contribution in [0.1, 0.15) is 10.4 Å². The van der Waals surface area contributed by atoms with Gasteiger partial charge in [-0.1, -0.05) is 15.9 Å². The van der Waals surface area contributed by atoms with Crippen LogP contribution in [0.25, 0.3) is 0 Å². The number of hydrogen-bond acceptors (Lipinski definition) is 2. The van der Waals surface area contributed by atoms with Gasteiger partial charge in [0.05, 0.1) is 12.1 Å². The maximum absolute atomic E-state index is 12.8. The summed E-state index contributed by atoms with van der Waals surface area (Å²) in [4.78, 5) is 12.8. The Bertz CT molecular complexity index is 429. The Kier molecular flexibility index (Phi) is 5.46. The number of halogens is 4. The van der Waals surface area contributed by atoms with Crippen molar-refractivity contribution in [2.24, 2.45) is 0 Å². The molecule has 1 amide bonds. The first kappa shape index (κ1) is 14.8. The Labute approximate surface area is 110 Å². The Morgan fingerprint density at radius 3 is 2.61 bits per heavy atom. The van der Waals surface area contributed by atoms with Crippen LogP contribution in [0.5, 0.6) is 5.75 Å². The van der Waals surface area contributed by atoms with Crippen molar-refractivity contribution in [1.82, 2.24) is 4.90 Å². The number of aromatic hydroxyl groups is 1. The summed E-state index contributed by atoms with van der Waals surface area (Å²) >= 11 is 3.05. The van der Waals surface area contributed by atoms with Crippen molar-refractivity contribution in [2.45, 2.75) is 6.43 Å². The van der Waals surface area contributed by atoms with Gasteiger partial charge in [-0.25, -0.2) is 13.2 Å². The molecule has 0 radical (unpaired) electrons. The van der Waals surface area contributed by atoms with E-state index in [1.807, 2.05) is 0 Å². The van der Waals surface area contributed by atoms with Crippen molar-refractivity contribution in [3.8, 4) is 5.75 Å². The summed E-state index contributed by atoms with van der Waals surface area (Å²) in [5.74, 6) is -2.02. The van der Waals surface area contributed by atoms with Gasteiger partial charge in [0.2, 0.25) is 0 Å². The number of alkyl halides is 3. The van der Waals surface area contributed by atoms with Gasteiger partial charge in [-0.3, -0.25) is 4.79 Å². The molecule has 18 heavy (non-hydrogen) atoms. The summed E-state index contributed by atoms with van der Waals surface area (Å²) in [5, 5.41) is 9.75. The lowest BCUT2D eigenvalue weighted by Crippen LogP contribution is -2.36. The van der Waals surface area contributed by atoms with Crippen LogP contribution < -0.4 is 0 Å². The number of phenols is 1. The van der Waals surface area contributed by atoms with E-state index in [9.17, 15) is 23.1 Å². The van der Waals surface area contributed by atoms with Crippen molar-refractivity contribution in [2.75, 3.05) is 18.4 Å². The Hall–Kier alpha value is -1.24. The smallest absolute Gasteiger partial charge is 0.257 e. The average molecular weight is 326 g/mol. The minimum Gasteiger partial charge on any atom is -0.507 e. The highest BCUT2D eigenvalue weighted by Crippen LogP contribution is 2.20. The third-order valence-corrected chi connectivity index (χ3v) is 2.54. The molecule has 1 aromatic rings. The van der Waals surface area contributed by atoms with Crippen molar-refractivity contribution < 1.29 is 23.1 Å². The molecule has 0 atom stereocenters. The maximum Gasteiger partial charge on any atom is 0.257 e. The Balaban J connectivity index is 2.94. The second-order valence-corrected chi connectivity index (χ2v) is 4.29. The molecule has 0 fully saturated rings. The van der Waals surface area contributed by atoms with Gasteiger partial charge in [0.25, 0.3) is 12.3 Å². The van der Waals surface area contributed by atoms with Gasteiger partial charge in [-0.15, -0.1) is 0 Å². The first-order chi connectivity index (χ1) is 8.45. The summed E-state index contributed by atoms with van der Waals surface area (Å²) in [7, 11) is 0. The molecule has 0 spiro atoms. The minimum absolute atomic E-state index is 0.0694. The summed E-state index contributed by atoms with van der Waals surface area (Å²) in [6.45, 7) is -0.665. The topological polar surface area (TPSA) is 40.5 Å². The van der Waals surface area contributed by atoms with Crippen molar-refractivity contribution in [1.29, 1.82) is 0 Å². The van der Waals surface area contributed by atoms with Crippen LogP contribution in [0.15, 0.2) is 18.2 Å². The molecular formula is C11H11BrF3NO2. The van der Waals surface area contributed by atoms with E-state index in [0.717, 1.165) is 23.1 Å². The van der Waals surface area contributed by atoms with Crippen LogP contribution in [-0.2, 0) is 0 Å². The molecule has 0 saturated carbocycles. The monoisotopic (exact) mass is 325 g/mol. The third-order valence-electron chi connectivity index (χ3n) is 2.19. The normalized spacial score (nSPS) is 10.7. The number of nitrogens with zero attached hydrogens (tertiary/aromatic N) is 1. The molecule has 0 saturated heterocycles. The predicted molar refractivity (Wildman–Crippen MR) is 63.8 cm³/mol. The van der Waals surface area contributed by atoms with E-state index in [-0.39, 0.29) is 12.1 Å². The Morgan fingerprint density at radius 1 is 1.44 bits per heavy atom. The molecule has 1 rings (SSSR count). The van der Waals surface area contributed by atoms with Crippen LogP contribution in [0.4, 0.5) is 13.2 Å². The molecule has 0 aliphatic rings. The van der Waals surface area contributed by atoms with E-state index in [4.69, 9.17) is 0 Å². The fraction of sp³-hybridized carbons (Fsp3) is 0.364. The summed E-state index contributed by atoms with van der Waals surface area (Å²) in [6, 6.07) is 2.82. The van der Waals surface area contributed by atoms with Crippen LogP contribution in [0.2, 0.25) is 0 Å². The van der Waals surface area contributed by atoms with Crippen LogP contribution in [-0.4, -0.2) is 40.8 Å². The van der Waals surface area contributed by atoms with E-state index in [0.29, 0.717) is 5.33 Å². The van der Waals surface area contributed by atoms with Crippen LogP contribution in [0, 0.1) is 5.82 Å². The number of amides is 1. The zero-order valence-electron chi connectivity index (χ0n) is 9.25. The lowest BCUT2D eigenvalue weighted by molar-refractivity contribution is 0.0570. The van der Waals surface area contributed by atoms with Gasteiger partial charge in [-0.05, 0) is 12.1 Å². The van der Waals surface area contributed by atoms with E-state index < -0.39 is 30.4 Å². The molecule has 0 aliphatic heterocycles. The molecule has 7 heteroatoms. The van der Waals surface area contributed by atoms with Gasteiger partial charge < -0.3 is 10.0 Å². The molecule has 1 N–H and O–H groups in total. The Morgan fingerprint density at radius 2 is 2.11 bits per heavy atom. The van der Waals surface area contributed by atoms with Crippen LogP contribution >= 0.6 is 15.9 Å². The van der Waals surface area contributed by atoms with Gasteiger partial charge in [0.15, 0.2) is 0 Å². The standard InChI is InChI=1S/C11H11BrF3NO2/c12-3-4-16(6-10(14)15)11(18)8-2-1-7(13)5-9(8)17/h1-2,5,10,17H,3-4,6H2. The zero-order valence-corrected chi connectivity index (χ0v) is 10.8. The largest absolute Gasteiger partial charge is 0.507 e. The van der Waals surface area contributed by atoms with Crippen LogP contribution in [0.3, 0.4) is 0 Å².